The lowest BCUT2D eigenvalue weighted by molar-refractivity contribution is 0.432. The number of hydrogen-bond donors (Lipinski definition) is 1. The van der Waals surface area contributed by atoms with E-state index in [1.165, 1.54) is 0 Å². The molecule has 0 saturated carbocycles. The van der Waals surface area contributed by atoms with E-state index in [2.05, 4.69) is 26.1 Å². The Balaban J connectivity index is 1.99. The van der Waals surface area contributed by atoms with Gasteiger partial charge in [0.25, 0.3) is 5.89 Å². The molecule has 2 N–H and O–H groups in total. The first-order chi connectivity index (χ1) is 8.72. The Hall–Kier alpha value is -1.66. The number of nitrogen functional groups attached to an aromatic ring is 1. The predicted octanol–water partition coefficient (Wildman–Crippen LogP) is 3.81. The zero-order chi connectivity index (χ0) is 12.5. The smallest absolute Gasteiger partial charge is 0.258 e. The fraction of sp³-hybridized carbons (Fsp3) is 0. The summed E-state index contributed by atoms with van der Waals surface area (Å²) in [6.45, 7) is 0. The topological polar surface area (TPSA) is 64.9 Å². The minimum atomic E-state index is 0.474. The number of nitrogens with zero attached hydrogens (tertiary/aromatic N) is 2. The van der Waals surface area contributed by atoms with Crippen molar-refractivity contribution in [3.05, 3.63) is 40.2 Å². The highest BCUT2D eigenvalue weighted by molar-refractivity contribution is 9.11. The van der Waals surface area contributed by atoms with Gasteiger partial charge in [-0.25, -0.2) is 0 Å². The molecule has 0 aliphatic heterocycles. The van der Waals surface area contributed by atoms with Gasteiger partial charge in [-0.1, -0.05) is 11.2 Å². The molecular formula is C12H8BrN3OS. The second-order valence-corrected chi connectivity index (χ2v) is 6.12. The summed E-state index contributed by atoms with van der Waals surface area (Å²) in [4.78, 5) is 5.32. The molecule has 18 heavy (non-hydrogen) atoms. The van der Waals surface area contributed by atoms with E-state index < -0.39 is 0 Å². The molecule has 0 bridgehead atoms. The summed E-state index contributed by atoms with van der Waals surface area (Å²) in [5.41, 5.74) is 7.22. The lowest BCUT2D eigenvalue weighted by atomic mass is 10.2. The van der Waals surface area contributed by atoms with Gasteiger partial charge in [0.15, 0.2) is 0 Å². The van der Waals surface area contributed by atoms with Gasteiger partial charge >= 0.3 is 0 Å². The maximum Gasteiger partial charge on any atom is 0.258 e. The highest BCUT2D eigenvalue weighted by Gasteiger charge is 2.12. The SMILES string of the molecule is Nc1cccc(-c2nc(-c3ccc(Br)s3)no2)c1. The molecule has 2 heterocycles. The molecule has 0 radical (unpaired) electrons. The average Bonchev–Trinajstić information content (AvgIpc) is 2.97. The van der Waals surface area contributed by atoms with Gasteiger partial charge in [-0.15, -0.1) is 11.3 Å². The predicted molar refractivity (Wildman–Crippen MR) is 75.2 cm³/mol. The van der Waals surface area contributed by atoms with E-state index in [1.807, 2.05) is 36.4 Å². The quantitative estimate of drug-likeness (QED) is 0.729. The zero-order valence-corrected chi connectivity index (χ0v) is 11.5. The maximum atomic E-state index is 5.72. The van der Waals surface area contributed by atoms with Crippen molar-refractivity contribution in [2.75, 3.05) is 5.73 Å². The molecule has 0 fully saturated rings. The lowest BCUT2D eigenvalue weighted by Crippen LogP contribution is -1.85. The number of thiophene rings is 1. The Bertz CT molecular complexity index is 692. The number of anilines is 1. The molecule has 0 aliphatic carbocycles. The first-order valence-electron chi connectivity index (χ1n) is 5.18. The molecule has 4 nitrogen and oxygen atoms in total. The Morgan fingerprint density at radius 1 is 1.22 bits per heavy atom. The van der Waals surface area contributed by atoms with E-state index in [0.29, 0.717) is 17.4 Å². The molecule has 90 valence electrons. The van der Waals surface area contributed by atoms with Gasteiger partial charge in [-0.3, -0.25) is 0 Å². The molecule has 0 atom stereocenters. The summed E-state index contributed by atoms with van der Waals surface area (Å²) >= 11 is 4.97. The van der Waals surface area contributed by atoms with Crippen LogP contribution in [0.25, 0.3) is 22.2 Å². The van der Waals surface area contributed by atoms with Crippen LogP contribution in [-0.2, 0) is 0 Å². The van der Waals surface area contributed by atoms with Crippen molar-refractivity contribution in [3.8, 4) is 22.2 Å². The van der Waals surface area contributed by atoms with Crippen LogP contribution in [0.3, 0.4) is 0 Å². The van der Waals surface area contributed by atoms with Gasteiger partial charge < -0.3 is 10.3 Å². The number of aromatic nitrogens is 2. The van der Waals surface area contributed by atoms with Gasteiger partial charge in [0, 0.05) is 11.3 Å². The van der Waals surface area contributed by atoms with Crippen molar-refractivity contribution < 1.29 is 4.52 Å². The monoisotopic (exact) mass is 321 g/mol. The molecule has 0 aliphatic rings. The number of rotatable bonds is 2. The second kappa shape index (κ2) is 4.55. The summed E-state index contributed by atoms with van der Waals surface area (Å²) in [7, 11) is 0. The molecule has 2 aromatic heterocycles. The fourth-order valence-corrected chi connectivity index (χ4v) is 2.86. The third kappa shape index (κ3) is 2.16. The number of halogens is 1. The van der Waals surface area contributed by atoms with Crippen molar-refractivity contribution in [1.29, 1.82) is 0 Å². The Labute approximate surface area is 116 Å². The van der Waals surface area contributed by atoms with Crippen LogP contribution < -0.4 is 5.73 Å². The average molecular weight is 322 g/mol. The van der Waals surface area contributed by atoms with Crippen LogP contribution in [0.1, 0.15) is 0 Å². The molecule has 0 saturated heterocycles. The van der Waals surface area contributed by atoms with E-state index >= 15 is 0 Å². The van der Waals surface area contributed by atoms with E-state index in [9.17, 15) is 0 Å². The Morgan fingerprint density at radius 3 is 2.83 bits per heavy atom. The molecule has 0 spiro atoms. The molecule has 0 amide bonds. The van der Waals surface area contributed by atoms with Crippen molar-refractivity contribution >= 4 is 33.0 Å². The van der Waals surface area contributed by atoms with Crippen LogP contribution in [0.2, 0.25) is 0 Å². The number of nitrogens with two attached hydrogens (primary N) is 1. The van der Waals surface area contributed by atoms with Crippen LogP contribution in [0.4, 0.5) is 5.69 Å². The van der Waals surface area contributed by atoms with Gasteiger partial charge in [0.2, 0.25) is 5.82 Å². The summed E-state index contributed by atoms with van der Waals surface area (Å²) < 4.78 is 6.28. The maximum absolute atomic E-state index is 5.72. The largest absolute Gasteiger partial charge is 0.399 e. The zero-order valence-electron chi connectivity index (χ0n) is 9.13. The Kier molecular flexibility index (Phi) is 2.89. The first kappa shape index (κ1) is 11.4. The molecule has 6 heteroatoms. The van der Waals surface area contributed by atoms with E-state index in [-0.39, 0.29) is 0 Å². The van der Waals surface area contributed by atoms with E-state index in [1.54, 1.807) is 11.3 Å². The molecule has 3 aromatic rings. The van der Waals surface area contributed by atoms with Crippen LogP contribution in [0.15, 0.2) is 44.7 Å². The molecule has 3 rings (SSSR count). The standard InChI is InChI=1S/C12H8BrN3OS/c13-10-5-4-9(18-10)11-15-12(17-16-11)7-2-1-3-8(14)6-7/h1-6H,14H2. The van der Waals surface area contributed by atoms with Crippen LogP contribution in [-0.4, -0.2) is 10.1 Å². The third-order valence-corrected chi connectivity index (χ3v) is 3.97. The normalized spacial score (nSPS) is 10.7. The highest BCUT2D eigenvalue weighted by atomic mass is 79.9. The van der Waals surface area contributed by atoms with E-state index in [0.717, 1.165) is 14.2 Å². The van der Waals surface area contributed by atoms with Crippen LogP contribution in [0.5, 0.6) is 0 Å². The highest BCUT2D eigenvalue weighted by Crippen LogP contribution is 2.30. The summed E-state index contributed by atoms with van der Waals surface area (Å²) in [5, 5.41) is 3.97. The fourth-order valence-electron chi connectivity index (χ4n) is 1.55. The van der Waals surface area contributed by atoms with Crippen molar-refractivity contribution in [3.63, 3.8) is 0 Å². The van der Waals surface area contributed by atoms with Crippen molar-refractivity contribution in [2.45, 2.75) is 0 Å². The minimum Gasteiger partial charge on any atom is -0.399 e. The number of benzene rings is 1. The van der Waals surface area contributed by atoms with Gasteiger partial charge in [-0.2, -0.15) is 4.98 Å². The summed E-state index contributed by atoms with van der Waals surface area (Å²) in [5.74, 6) is 1.06. The van der Waals surface area contributed by atoms with Crippen LogP contribution in [0, 0.1) is 0 Å². The number of hydrogen-bond acceptors (Lipinski definition) is 5. The van der Waals surface area contributed by atoms with Gasteiger partial charge in [0.1, 0.15) is 0 Å². The van der Waals surface area contributed by atoms with Crippen LogP contribution >= 0.6 is 27.3 Å². The third-order valence-electron chi connectivity index (χ3n) is 2.35. The van der Waals surface area contributed by atoms with Gasteiger partial charge in [-0.05, 0) is 46.3 Å². The second-order valence-electron chi connectivity index (χ2n) is 3.65. The molecule has 0 unspecified atom stereocenters. The van der Waals surface area contributed by atoms with Crippen molar-refractivity contribution in [2.24, 2.45) is 0 Å². The minimum absolute atomic E-state index is 0.474. The van der Waals surface area contributed by atoms with E-state index in [4.69, 9.17) is 10.3 Å². The van der Waals surface area contributed by atoms with Crippen molar-refractivity contribution in [1.82, 2.24) is 10.1 Å². The lowest BCUT2D eigenvalue weighted by Gasteiger charge is -1.94. The van der Waals surface area contributed by atoms with Gasteiger partial charge in [0.05, 0.1) is 8.66 Å². The summed E-state index contributed by atoms with van der Waals surface area (Å²) in [6.07, 6.45) is 0. The molecule has 1 aromatic carbocycles. The molecular weight excluding hydrogens is 314 g/mol. The first-order valence-corrected chi connectivity index (χ1v) is 6.78. The Morgan fingerprint density at radius 2 is 2.11 bits per heavy atom. The summed E-state index contributed by atoms with van der Waals surface area (Å²) in [6, 6.07) is 11.3.